The first kappa shape index (κ1) is 22.4. The zero-order valence-electron chi connectivity index (χ0n) is 21.2. The third kappa shape index (κ3) is 3.58. The van der Waals surface area contributed by atoms with E-state index in [1.54, 1.807) is 12.4 Å². The molecule has 6 aromatic heterocycles. The van der Waals surface area contributed by atoms with Crippen LogP contribution in [-0.4, -0.2) is 29.9 Å². The van der Waals surface area contributed by atoms with Gasteiger partial charge in [-0.1, -0.05) is 54.6 Å². The van der Waals surface area contributed by atoms with Crippen molar-refractivity contribution in [3.63, 3.8) is 0 Å². The number of pyridine rings is 6. The quantitative estimate of drug-likeness (QED) is 0.226. The first-order chi connectivity index (χ1) is 19.8. The van der Waals surface area contributed by atoms with Gasteiger partial charge in [0.05, 0.1) is 51.2 Å². The first-order valence-corrected chi connectivity index (χ1v) is 13.0. The van der Waals surface area contributed by atoms with Gasteiger partial charge in [0, 0.05) is 45.7 Å². The van der Waals surface area contributed by atoms with E-state index in [4.69, 9.17) is 15.0 Å². The van der Waals surface area contributed by atoms with Crippen molar-refractivity contribution >= 4 is 43.5 Å². The van der Waals surface area contributed by atoms with Gasteiger partial charge < -0.3 is 0 Å². The topological polar surface area (TPSA) is 77.3 Å². The molecule has 0 saturated carbocycles. The third-order valence-corrected chi connectivity index (χ3v) is 7.23. The van der Waals surface area contributed by atoms with Crippen molar-refractivity contribution in [1.29, 1.82) is 0 Å². The minimum Gasteiger partial charge on any atom is -0.255 e. The van der Waals surface area contributed by atoms with Crippen LogP contribution in [0.3, 0.4) is 0 Å². The average Bonchev–Trinajstić information content (AvgIpc) is 3.04. The lowest BCUT2D eigenvalue weighted by Gasteiger charge is -2.14. The molecule has 2 aromatic carbocycles. The van der Waals surface area contributed by atoms with Crippen LogP contribution in [0.5, 0.6) is 0 Å². The molecular weight excluding hydrogens is 492 g/mol. The lowest BCUT2D eigenvalue weighted by Crippen LogP contribution is -1.97. The minimum absolute atomic E-state index is 0.763. The monoisotopic (exact) mass is 512 g/mol. The summed E-state index contributed by atoms with van der Waals surface area (Å²) in [6, 6.07) is 32.5. The fourth-order valence-electron chi connectivity index (χ4n) is 5.42. The summed E-state index contributed by atoms with van der Waals surface area (Å²) < 4.78 is 0. The van der Waals surface area contributed by atoms with Gasteiger partial charge in [0.15, 0.2) is 0 Å². The normalized spacial score (nSPS) is 11.5. The summed E-state index contributed by atoms with van der Waals surface area (Å²) in [5.74, 6) is 0. The Morgan fingerprint density at radius 2 is 1.15 bits per heavy atom. The number of benzene rings is 2. The summed E-state index contributed by atoms with van der Waals surface area (Å²) in [7, 11) is 0. The van der Waals surface area contributed by atoms with Crippen LogP contribution in [0.15, 0.2) is 122 Å². The molecule has 0 spiro atoms. The van der Waals surface area contributed by atoms with Crippen LogP contribution in [-0.2, 0) is 0 Å². The Morgan fingerprint density at radius 3 is 1.88 bits per heavy atom. The van der Waals surface area contributed by atoms with Crippen LogP contribution < -0.4 is 0 Å². The molecule has 6 heterocycles. The number of rotatable bonds is 3. The van der Waals surface area contributed by atoms with Gasteiger partial charge in [0.25, 0.3) is 0 Å². The molecule has 0 atom stereocenters. The summed E-state index contributed by atoms with van der Waals surface area (Å²) in [5.41, 5.74) is 7.50. The Hall–Kier alpha value is -5.62. The lowest BCUT2D eigenvalue weighted by atomic mass is 9.97. The standard InChI is InChI=1S/C34H20N6/c1-2-10-24-23(9-1)31-25-14-13-21-8-7-17-37-33(21)34(25)38-20-30(31)40-32(24)22-18-28(26-11-3-5-15-35-26)39-29(19-22)27-12-4-6-16-36-27/h1-20H. The van der Waals surface area contributed by atoms with E-state index >= 15 is 0 Å². The molecule has 8 rings (SSSR count). The molecule has 0 saturated heterocycles. The summed E-state index contributed by atoms with van der Waals surface area (Å²) in [5, 5.41) is 5.34. The van der Waals surface area contributed by atoms with Crippen molar-refractivity contribution in [2.75, 3.05) is 0 Å². The van der Waals surface area contributed by atoms with Crippen molar-refractivity contribution < 1.29 is 0 Å². The van der Waals surface area contributed by atoms with E-state index in [-0.39, 0.29) is 0 Å². The van der Waals surface area contributed by atoms with Crippen LogP contribution in [0.25, 0.3) is 77.5 Å². The zero-order chi connectivity index (χ0) is 26.5. The fraction of sp³-hybridized carbons (Fsp3) is 0. The molecule has 8 aromatic rings. The van der Waals surface area contributed by atoms with Crippen LogP contribution in [0, 0.1) is 0 Å². The van der Waals surface area contributed by atoms with Crippen molar-refractivity contribution in [3.05, 3.63) is 122 Å². The van der Waals surface area contributed by atoms with Gasteiger partial charge in [-0.2, -0.15) is 0 Å². The maximum Gasteiger partial charge on any atom is 0.0972 e. The molecule has 6 heteroatoms. The highest BCUT2D eigenvalue weighted by Gasteiger charge is 2.17. The number of hydrogen-bond donors (Lipinski definition) is 0. The second-order valence-corrected chi connectivity index (χ2v) is 9.62. The van der Waals surface area contributed by atoms with Gasteiger partial charge >= 0.3 is 0 Å². The van der Waals surface area contributed by atoms with Crippen LogP contribution in [0.2, 0.25) is 0 Å². The maximum absolute atomic E-state index is 5.22. The molecule has 0 aliphatic rings. The summed E-state index contributed by atoms with van der Waals surface area (Å²) in [6.07, 6.45) is 7.24. The van der Waals surface area contributed by atoms with Gasteiger partial charge in [0.1, 0.15) is 0 Å². The molecule has 0 bridgehead atoms. The predicted octanol–water partition coefficient (Wildman–Crippen LogP) is 7.67. The predicted molar refractivity (Wildman–Crippen MR) is 160 cm³/mol. The van der Waals surface area contributed by atoms with Gasteiger partial charge in [-0.15, -0.1) is 0 Å². The molecule has 0 unspecified atom stereocenters. The number of hydrogen-bond acceptors (Lipinski definition) is 6. The van der Waals surface area contributed by atoms with E-state index < -0.39 is 0 Å². The second kappa shape index (κ2) is 8.99. The first-order valence-electron chi connectivity index (χ1n) is 13.0. The van der Waals surface area contributed by atoms with Gasteiger partial charge in [0.2, 0.25) is 0 Å². The summed E-state index contributed by atoms with van der Waals surface area (Å²) in [4.78, 5) is 28.8. The van der Waals surface area contributed by atoms with Crippen molar-refractivity contribution in [2.24, 2.45) is 0 Å². The molecule has 0 aliphatic heterocycles. The van der Waals surface area contributed by atoms with Crippen LogP contribution in [0.1, 0.15) is 0 Å². The number of fused-ring (bicyclic) bond motifs is 7. The molecule has 0 aliphatic carbocycles. The van der Waals surface area contributed by atoms with Crippen molar-refractivity contribution in [1.82, 2.24) is 29.9 Å². The Morgan fingerprint density at radius 1 is 0.450 bits per heavy atom. The van der Waals surface area contributed by atoms with E-state index in [0.29, 0.717) is 0 Å². The van der Waals surface area contributed by atoms with E-state index in [1.807, 2.05) is 54.9 Å². The summed E-state index contributed by atoms with van der Waals surface area (Å²) in [6.45, 7) is 0. The molecule has 0 fully saturated rings. The Labute approximate surface area is 229 Å². The molecule has 0 N–H and O–H groups in total. The highest BCUT2D eigenvalue weighted by atomic mass is 14.8. The van der Waals surface area contributed by atoms with Crippen molar-refractivity contribution in [3.8, 4) is 34.0 Å². The highest BCUT2D eigenvalue weighted by molar-refractivity contribution is 6.23. The van der Waals surface area contributed by atoms with E-state index in [1.165, 1.54) is 0 Å². The molecule has 0 amide bonds. The Kier molecular flexibility index (Phi) is 5.03. The average molecular weight is 513 g/mol. The highest BCUT2D eigenvalue weighted by Crippen LogP contribution is 2.38. The smallest absolute Gasteiger partial charge is 0.0972 e. The maximum atomic E-state index is 5.22. The van der Waals surface area contributed by atoms with Gasteiger partial charge in [-0.05, 0) is 47.9 Å². The SMILES string of the molecule is c1ccc(-c2cc(-c3nc4cnc5c(ccc6cccnc65)c4c4ccccc34)cc(-c3ccccn3)n2)nc1. The fourth-order valence-corrected chi connectivity index (χ4v) is 5.42. The molecule has 6 nitrogen and oxygen atoms in total. The van der Waals surface area contributed by atoms with E-state index in [9.17, 15) is 0 Å². The van der Waals surface area contributed by atoms with Gasteiger partial charge in [-0.3, -0.25) is 19.9 Å². The van der Waals surface area contributed by atoms with Gasteiger partial charge in [-0.25, -0.2) is 9.97 Å². The number of aromatic nitrogens is 6. The second-order valence-electron chi connectivity index (χ2n) is 9.62. The molecule has 40 heavy (non-hydrogen) atoms. The zero-order valence-corrected chi connectivity index (χ0v) is 21.2. The van der Waals surface area contributed by atoms with E-state index in [0.717, 1.165) is 77.5 Å². The Balaban J connectivity index is 1.45. The van der Waals surface area contributed by atoms with E-state index in [2.05, 4.69) is 69.5 Å². The summed E-state index contributed by atoms with van der Waals surface area (Å²) >= 11 is 0. The number of nitrogens with zero attached hydrogens (tertiary/aromatic N) is 6. The molecule has 0 radical (unpaired) electrons. The minimum atomic E-state index is 0.763. The Bertz CT molecular complexity index is 2160. The molecule has 186 valence electrons. The molecular formula is C34H20N6. The third-order valence-electron chi connectivity index (χ3n) is 7.23. The van der Waals surface area contributed by atoms with Crippen LogP contribution >= 0.6 is 0 Å². The van der Waals surface area contributed by atoms with Crippen LogP contribution in [0.4, 0.5) is 0 Å². The largest absolute Gasteiger partial charge is 0.255 e. The lowest BCUT2D eigenvalue weighted by molar-refractivity contribution is 1.22. The van der Waals surface area contributed by atoms with Crippen molar-refractivity contribution in [2.45, 2.75) is 0 Å².